The minimum Gasteiger partial charge on any atom is -0.379 e. The number of carbonyl (C=O) groups is 1. The summed E-state index contributed by atoms with van der Waals surface area (Å²) in [7, 11) is -0.369. The second-order valence-electron chi connectivity index (χ2n) is 5.00. The lowest BCUT2D eigenvalue weighted by atomic mass is 10.1. The van der Waals surface area contributed by atoms with Crippen molar-refractivity contribution in [3.05, 3.63) is 11.1 Å². The normalized spacial score (nSPS) is 22.6. The van der Waals surface area contributed by atoms with Gasteiger partial charge in [0.1, 0.15) is 4.88 Å². The number of aromatic nitrogens is 1. The third-order valence-corrected chi connectivity index (χ3v) is 6.03. The molecule has 2 heterocycles. The molecule has 1 aliphatic rings. The second-order valence-corrected chi connectivity index (χ2v) is 8.29. The number of ether oxygens (including phenoxy) is 1. The van der Waals surface area contributed by atoms with E-state index in [1.54, 1.807) is 0 Å². The topological polar surface area (TPSA) is 115 Å². The highest BCUT2D eigenvalue weighted by Gasteiger charge is 2.34. The number of hydrogen-bond donors (Lipinski definition) is 2. The van der Waals surface area contributed by atoms with E-state index in [4.69, 9.17) is 10.5 Å². The molecule has 1 aliphatic heterocycles. The van der Waals surface area contributed by atoms with E-state index in [1.165, 1.54) is 24.6 Å². The van der Waals surface area contributed by atoms with Crippen LogP contribution in [0, 0.1) is 5.92 Å². The van der Waals surface area contributed by atoms with Gasteiger partial charge in [0, 0.05) is 20.0 Å². The van der Waals surface area contributed by atoms with E-state index in [0.29, 0.717) is 23.2 Å². The highest BCUT2D eigenvalue weighted by Crippen LogP contribution is 2.19. The molecule has 2 rings (SSSR count). The third-order valence-electron chi connectivity index (χ3n) is 3.24. The molecule has 0 spiro atoms. The number of nitrogens with zero attached hydrogens (tertiary/aromatic N) is 2. The summed E-state index contributed by atoms with van der Waals surface area (Å²) in [6.07, 6.45) is 1.40. The number of thiazole rings is 1. The van der Waals surface area contributed by atoms with Crippen LogP contribution in [0.4, 0.5) is 5.13 Å². The van der Waals surface area contributed by atoms with Gasteiger partial charge in [-0.25, -0.2) is 17.7 Å². The molecule has 0 bridgehead atoms. The Hall–Kier alpha value is -1.23. The minimum atomic E-state index is -3.34. The van der Waals surface area contributed by atoms with Crippen LogP contribution in [0.15, 0.2) is 6.20 Å². The van der Waals surface area contributed by atoms with Gasteiger partial charge >= 0.3 is 0 Å². The van der Waals surface area contributed by atoms with Gasteiger partial charge < -0.3 is 15.8 Å². The van der Waals surface area contributed by atoms with Crippen molar-refractivity contribution in [3.8, 4) is 0 Å². The molecule has 1 aromatic heterocycles. The summed E-state index contributed by atoms with van der Waals surface area (Å²) < 4.78 is 30.3. The number of rotatable bonds is 5. The van der Waals surface area contributed by atoms with E-state index >= 15 is 0 Å². The summed E-state index contributed by atoms with van der Waals surface area (Å²) >= 11 is 1.09. The maximum absolute atomic E-state index is 12.0. The Morgan fingerprint density at radius 3 is 2.86 bits per heavy atom. The molecule has 1 fully saturated rings. The van der Waals surface area contributed by atoms with E-state index in [1.807, 2.05) is 0 Å². The van der Waals surface area contributed by atoms with Crippen LogP contribution in [-0.4, -0.2) is 62.7 Å². The first-order chi connectivity index (χ1) is 9.79. The van der Waals surface area contributed by atoms with Crippen LogP contribution < -0.4 is 11.1 Å². The van der Waals surface area contributed by atoms with Gasteiger partial charge in [0.15, 0.2) is 5.13 Å². The Bertz CT molecular complexity index is 613. The molecule has 118 valence electrons. The van der Waals surface area contributed by atoms with Crippen LogP contribution in [0.1, 0.15) is 9.67 Å². The zero-order chi connectivity index (χ0) is 15.6. The van der Waals surface area contributed by atoms with E-state index in [0.717, 1.165) is 11.3 Å². The maximum Gasteiger partial charge on any atom is 0.263 e. The summed E-state index contributed by atoms with van der Waals surface area (Å²) in [4.78, 5) is 16.3. The van der Waals surface area contributed by atoms with Crippen molar-refractivity contribution in [2.24, 2.45) is 5.92 Å². The van der Waals surface area contributed by atoms with Crippen LogP contribution in [0.2, 0.25) is 0 Å². The summed E-state index contributed by atoms with van der Waals surface area (Å²) in [5.41, 5.74) is 5.49. The molecule has 1 aromatic rings. The first-order valence-electron chi connectivity index (χ1n) is 6.29. The SMILES string of the molecule is CN(C)S(=O)(=O)C[C@@H]1COC[C@H]1NC(=O)c1cnc(N)s1. The van der Waals surface area contributed by atoms with Gasteiger partial charge in [-0.2, -0.15) is 0 Å². The lowest BCUT2D eigenvalue weighted by Crippen LogP contribution is -2.43. The van der Waals surface area contributed by atoms with Crippen LogP contribution in [0.3, 0.4) is 0 Å². The molecule has 0 unspecified atom stereocenters. The number of anilines is 1. The summed E-state index contributed by atoms with van der Waals surface area (Å²) in [5, 5.41) is 3.10. The molecular formula is C11H18N4O4S2. The largest absolute Gasteiger partial charge is 0.379 e. The predicted octanol–water partition coefficient (Wildman–Crippen LogP) is -0.638. The molecule has 0 radical (unpaired) electrons. The average Bonchev–Trinajstić information content (AvgIpc) is 2.99. The molecule has 21 heavy (non-hydrogen) atoms. The van der Waals surface area contributed by atoms with Crippen LogP contribution >= 0.6 is 11.3 Å². The standard InChI is InChI=1S/C11H18N4O4S2/c1-15(2)21(17,18)6-7-4-19-5-8(7)14-10(16)9-3-13-11(12)20-9/h3,7-8H,4-6H2,1-2H3,(H2,12,13)(H,14,16)/t7-,8+/m0/s1. The smallest absolute Gasteiger partial charge is 0.263 e. The van der Waals surface area contributed by atoms with E-state index < -0.39 is 10.0 Å². The average molecular weight is 334 g/mol. The number of hydrogen-bond acceptors (Lipinski definition) is 7. The van der Waals surface area contributed by atoms with Gasteiger partial charge in [-0.05, 0) is 0 Å². The molecule has 1 saturated heterocycles. The first kappa shape index (κ1) is 16.1. The fourth-order valence-electron chi connectivity index (χ4n) is 1.97. The van der Waals surface area contributed by atoms with Gasteiger partial charge in [-0.1, -0.05) is 11.3 Å². The van der Waals surface area contributed by atoms with Gasteiger partial charge in [0.05, 0.1) is 31.2 Å². The van der Waals surface area contributed by atoms with Crippen molar-refractivity contribution in [3.63, 3.8) is 0 Å². The van der Waals surface area contributed by atoms with Crippen molar-refractivity contribution in [2.45, 2.75) is 6.04 Å². The molecule has 8 nitrogen and oxygen atoms in total. The number of nitrogen functional groups attached to an aromatic ring is 1. The molecule has 0 aliphatic carbocycles. The molecule has 3 N–H and O–H groups in total. The molecule has 2 atom stereocenters. The fraction of sp³-hybridized carbons (Fsp3) is 0.636. The van der Waals surface area contributed by atoms with Crippen molar-refractivity contribution in [1.82, 2.24) is 14.6 Å². The first-order valence-corrected chi connectivity index (χ1v) is 8.72. The zero-order valence-electron chi connectivity index (χ0n) is 11.8. The Morgan fingerprint density at radius 2 is 2.29 bits per heavy atom. The van der Waals surface area contributed by atoms with Gasteiger partial charge in [0.2, 0.25) is 10.0 Å². The Labute approximate surface area is 127 Å². The Balaban J connectivity index is 2.01. The van der Waals surface area contributed by atoms with Crippen LogP contribution in [0.5, 0.6) is 0 Å². The highest BCUT2D eigenvalue weighted by atomic mass is 32.2. The molecule has 10 heteroatoms. The van der Waals surface area contributed by atoms with Gasteiger partial charge in [-0.15, -0.1) is 0 Å². The summed E-state index contributed by atoms with van der Waals surface area (Å²) in [5.74, 6) is -0.644. The fourth-order valence-corrected chi connectivity index (χ4v) is 3.73. The quantitative estimate of drug-likeness (QED) is 0.740. The highest BCUT2D eigenvalue weighted by molar-refractivity contribution is 7.89. The predicted molar refractivity (Wildman–Crippen MR) is 79.6 cm³/mol. The van der Waals surface area contributed by atoms with Crippen LogP contribution in [-0.2, 0) is 14.8 Å². The van der Waals surface area contributed by atoms with Crippen molar-refractivity contribution in [1.29, 1.82) is 0 Å². The van der Waals surface area contributed by atoms with Crippen molar-refractivity contribution < 1.29 is 17.9 Å². The minimum absolute atomic E-state index is 0.0597. The van der Waals surface area contributed by atoms with Crippen LogP contribution in [0.25, 0.3) is 0 Å². The van der Waals surface area contributed by atoms with Gasteiger partial charge in [0.25, 0.3) is 5.91 Å². The number of carbonyl (C=O) groups excluding carboxylic acids is 1. The number of nitrogens with two attached hydrogens (primary N) is 1. The van der Waals surface area contributed by atoms with Crippen molar-refractivity contribution >= 4 is 32.4 Å². The lowest BCUT2D eigenvalue weighted by Gasteiger charge is -2.20. The Kier molecular flexibility index (Phi) is 4.81. The maximum atomic E-state index is 12.0. The van der Waals surface area contributed by atoms with Crippen molar-refractivity contribution in [2.75, 3.05) is 38.8 Å². The monoisotopic (exact) mass is 334 g/mol. The Morgan fingerprint density at radius 1 is 1.57 bits per heavy atom. The summed E-state index contributed by atoms with van der Waals surface area (Å²) in [6.45, 7) is 0.608. The number of amides is 1. The summed E-state index contributed by atoms with van der Waals surface area (Å²) in [6, 6.07) is -0.337. The third kappa shape index (κ3) is 3.90. The molecule has 0 saturated carbocycles. The van der Waals surface area contributed by atoms with E-state index in [9.17, 15) is 13.2 Å². The molecular weight excluding hydrogens is 316 g/mol. The van der Waals surface area contributed by atoms with E-state index in [2.05, 4.69) is 10.3 Å². The van der Waals surface area contributed by atoms with E-state index in [-0.39, 0.29) is 23.6 Å². The van der Waals surface area contributed by atoms with Gasteiger partial charge in [-0.3, -0.25) is 4.79 Å². The number of sulfonamides is 1. The molecule has 1 amide bonds. The molecule has 0 aromatic carbocycles. The second kappa shape index (κ2) is 6.26. The lowest BCUT2D eigenvalue weighted by molar-refractivity contribution is 0.0930. The number of nitrogens with one attached hydrogen (secondary N) is 1. The zero-order valence-corrected chi connectivity index (χ0v) is 13.4.